The van der Waals surface area contributed by atoms with E-state index >= 15 is 0 Å². The Morgan fingerprint density at radius 1 is 1.29 bits per heavy atom. The number of aromatic nitrogens is 2. The molecule has 2 N–H and O–H groups in total. The zero-order valence-corrected chi connectivity index (χ0v) is 16.0. The van der Waals surface area contributed by atoms with E-state index in [1.165, 1.54) is 5.56 Å². The third kappa shape index (κ3) is 4.02. The minimum absolute atomic E-state index is 0.0297. The van der Waals surface area contributed by atoms with Gasteiger partial charge in [-0.05, 0) is 50.1 Å². The number of aliphatic hydroxyl groups excluding tert-OH is 1. The SMILES string of the molecule is Cc1ccc(OCC2CCCN(C(=O)c3ccc4nc(CO)[nH]c4c3)C2)cc1. The molecular formula is C22H25N3O3. The molecule has 2 heterocycles. The highest BCUT2D eigenvalue weighted by molar-refractivity contribution is 5.97. The highest BCUT2D eigenvalue weighted by atomic mass is 16.5. The normalized spacial score (nSPS) is 17.1. The fourth-order valence-electron chi connectivity index (χ4n) is 3.69. The topological polar surface area (TPSA) is 78.4 Å². The van der Waals surface area contributed by atoms with Crippen molar-refractivity contribution in [3.8, 4) is 5.75 Å². The fourth-order valence-corrected chi connectivity index (χ4v) is 3.69. The second kappa shape index (κ2) is 8.02. The maximum absolute atomic E-state index is 13.0. The van der Waals surface area contributed by atoms with Gasteiger partial charge < -0.3 is 19.7 Å². The lowest BCUT2D eigenvalue weighted by Crippen LogP contribution is -2.41. The van der Waals surface area contributed by atoms with E-state index in [4.69, 9.17) is 4.74 Å². The van der Waals surface area contributed by atoms with Crippen LogP contribution in [0.1, 0.15) is 34.6 Å². The van der Waals surface area contributed by atoms with Gasteiger partial charge in [-0.25, -0.2) is 4.98 Å². The molecule has 146 valence electrons. The number of imidazole rings is 1. The van der Waals surface area contributed by atoms with Crippen LogP contribution >= 0.6 is 0 Å². The molecule has 0 aliphatic carbocycles. The van der Waals surface area contributed by atoms with Gasteiger partial charge in [-0.1, -0.05) is 17.7 Å². The Hall–Kier alpha value is -2.86. The van der Waals surface area contributed by atoms with Crippen LogP contribution in [0.4, 0.5) is 0 Å². The Morgan fingerprint density at radius 3 is 2.89 bits per heavy atom. The Labute approximate surface area is 164 Å². The minimum Gasteiger partial charge on any atom is -0.493 e. The molecule has 1 aromatic heterocycles. The highest BCUT2D eigenvalue weighted by Crippen LogP contribution is 2.22. The van der Waals surface area contributed by atoms with E-state index < -0.39 is 0 Å². The Bertz CT molecular complexity index is 965. The van der Waals surface area contributed by atoms with Crippen molar-refractivity contribution in [2.45, 2.75) is 26.4 Å². The van der Waals surface area contributed by atoms with Gasteiger partial charge in [0.1, 0.15) is 18.2 Å². The number of likely N-dealkylation sites (tertiary alicyclic amines) is 1. The van der Waals surface area contributed by atoms with Gasteiger partial charge >= 0.3 is 0 Å². The van der Waals surface area contributed by atoms with Gasteiger partial charge in [0, 0.05) is 24.6 Å². The van der Waals surface area contributed by atoms with Crippen LogP contribution in [-0.2, 0) is 6.61 Å². The molecule has 0 saturated carbocycles. The summed E-state index contributed by atoms with van der Waals surface area (Å²) < 4.78 is 5.93. The lowest BCUT2D eigenvalue weighted by molar-refractivity contribution is 0.0633. The molecule has 1 aliphatic rings. The maximum Gasteiger partial charge on any atom is 0.253 e. The summed E-state index contributed by atoms with van der Waals surface area (Å²) in [6, 6.07) is 13.5. The number of aryl methyl sites for hydroxylation is 1. The Balaban J connectivity index is 1.40. The summed E-state index contributed by atoms with van der Waals surface area (Å²) in [5, 5.41) is 9.22. The van der Waals surface area contributed by atoms with E-state index in [0.29, 0.717) is 30.5 Å². The summed E-state index contributed by atoms with van der Waals surface area (Å²) in [5.41, 5.74) is 3.37. The van der Waals surface area contributed by atoms with Crippen molar-refractivity contribution in [2.24, 2.45) is 5.92 Å². The van der Waals surface area contributed by atoms with Gasteiger partial charge in [-0.15, -0.1) is 0 Å². The molecule has 0 spiro atoms. The molecule has 28 heavy (non-hydrogen) atoms. The lowest BCUT2D eigenvalue weighted by Gasteiger charge is -2.32. The largest absolute Gasteiger partial charge is 0.493 e. The highest BCUT2D eigenvalue weighted by Gasteiger charge is 2.25. The number of aliphatic hydroxyl groups is 1. The summed E-state index contributed by atoms with van der Waals surface area (Å²) >= 11 is 0. The zero-order valence-electron chi connectivity index (χ0n) is 16.0. The minimum atomic E-state index is -0.146. The number of hydrogen-bond acceptors (Lipinski definition) is 4. The van der Waals surface area contributed by atoms with Crippen LogP contribution < -0.4 is 4.74 Å². The molecule has 2 aromatic carbocycles. The van der Waals surface area contributed by atoms with Crippen LogP contribution in [0, 0.1) is 12.8 Å². The summed E-state index contributed by atoms with van der Waals surface area (Å²) in [7, 11) is 0. The van der Waals surface area contributed by atoms with Crippen LogP contribution in [0.15, 0.2) is 42.5 Å². The average Bonchev–Trinajstić information content (AvgIpc) is 3.15. The first-order chi connectivity index (χ1) is 13.6. The predicted molar refractivity (Wildman–Crippen MR) is 107 cm³/mol. The fraction of sp³-hybridized carbons (Fsp3) is 0.364. The number of carbonyl (C=O) groups is 1. The number of aromatic amines is 1. The van der Waals surface area contributed by atoms with Gasteiger partial charge in [0.05, 0.1) is 17.6 Å². The monoisotopic (exact) mass is 379 g/mol. The van der Waals surface area contributed by atoms with E-state index in [1.54, 1.807) is 6.07 Å². The first-order valence-corrected chi connectivity index (χ1v) is 9.70. The third-order valence-corrected chi connectivity index (χ3v) is 5.24. The predicted octanol–water partition coefficient (Wildman–Crippen LogP) is 3.29. The number of nitrogens with one attached hydrogen (secondary N) is 1. The number of nitrogens with zero attached hydrogens (tertiary/aromatic N) is 2. The second-order valence-corrected chi connectivity index (χ2v) is 7.46. The molecule has 0 radical (unpaired) electrons. The lowest BCUT2D eigenvalue weighted by atomic mass is 9.98. The number of benzene rings is 2. The van der Waals surface area contributed by atoms with Crippen molar-refractivity contribution in [1.82, 2.24) is 14.9 Å². The van der Waals surface area contributed by atoms with Gasteiger partial charge in [-0.3, -0.25) is 4.79 Å². The summed E-state index contributed by atoms with van der Waals surface area (Å²) in [6.07, 6.45) is 2.05. The van der Waals surface area contributed by atoms with Crippen LogP contribution in [0.2, 0.25) is 0 Å². The smallest absolute Gasteiger partial charge is 0.253 e. The van der Waals surface area contributed by atoms with Crippen molar-refractivity contribution in [2.75, 3.05) is 19.7 Å². The number of ether oxygens (including phenoxy) is 1. The van der Waals surface area contributed by atoms with Crippen LogP contribution in [0.5, 0.6) is 5.75 Å². The standard InChI is InChI=1S/C22H25N3O3/c1-15-4-7-18(8-5-15)28-14-16-3-2-10-25(12-16)22(27)17-6-9-19-20(11-17)24-21(13-26)23-19/h4-9,11,16,26H,2-3,10,12-14H2,1H3,(H,23,24). The van der Waals surface area contributed by atoms with E-state index in [2.05, 4.69) is 16.9 Å². The maximum atomic E-state index is 13.0. The molecule has 0 bridgehead atoms. The van der Waals surface area contributed by atoms with Crippen LogP contribution in [-0.4, -0.2) is 45.6 Å². The Morgan fingerprint density at radius 2 is 2.11 bits per heavy atom. The summed E-state index contributed by atoms with van der Waals surface area (Å²) in [6.45, 7) is 4.00. The molecule has 3 aromatic rings. The van der Waals surface area contributed by atoms with Crippen molar-refractivity contribution in [3.05, 3.63) is 59.4 Å². The molecule has 1 saturated heterocycles. The third-order valence-electron chi connectivity index (χ3n) is 5.24. The second-order valence-electron chi connectivity index (χ2n) is 7.46. The van der Waals surface area contributed by atoms with Gasteiger partial charge in [0.2, 0.25) is 0 Å². The van der Waals surface area contributed by atoms with E-state index in [0.717, 1.165) is 36.2 Å². The van der Waals surface area contributed by atoms with Crippen LogP contribution in [0.25, 0.3) is 11.0 Å². The first kappa shape index (κ1) is 18.5. The van der Waals surface area contributed by atoms with Crippen molar-refractivity contribution >= 4 is 16.9 Å². The number of hydrogen-bond donors (Lipinski definition) is 2. The summed E-state index contributed by atoms with van der Waals surface area (Å²) in [4.78, 5) is 22.2. The summed E-state index contributed by atoms with van der Waals surface area (Å²) in [5.74, 6) is 1.74. The molecule has 1 unspecified atom stereocenters. The van der Waals surface area contributed by atoms with Crippen LogP contribution in [0.3, 0.4) is 0 Å². The van der Waals surface area contributed by atoms with E-state index in [9.17, 15) is 9.90 Å². The average molecular weight is 379 g/mol. The molecule has 4 rings (SSSR count). The molecule has 1 fully saturated rings. The number of piperidine rings is 1. The van der Waals surface area contributed by atoms with Crippen molar-refractivity contribution in [3.63, 3.8) is 0 Å². The molecule has 6 nitrogen and oxygen atoms in total. The molecule has 1 atom stereocenters. The van der Waals surface area contributed by atoms with Gasteiger partial charge in [0.25, 0.3) is 5.91 Å². The number of rotatable bonds is 5. The van der Waals surface area contributed by atoms with Gasteiger partial charge in [0.15, 0.2) is 0 Å². The molecule has 1 aliphatic heterocycles. The quantitative estimate of drug-likeness (QED) is 0.713. The number of fused-ring (bicyclic) bond motifs is 1. The number of amides is 1. The zero-order chi connectivity index (χ0) is 19.5. The first-order valence-electron chi connectivity index (χ1n) is 9.70. The molecule has 6 heteroatoms. The van der Waals surface area contributed by atoms with E-state index in [-0.39, 0.29) is 12.5 Å². The molecular weight excluding hydrogens is 354 g/mol. The Kier molecular flexibility index (Phi) is 5.30. The van der Waals surface area contributed by atoms with Crippen molar-refractivity contribution in [1.29, 1.82) is 0 Å². The number of H-pyrrole nitrogens is 1. The van der Waals surface area contributed by atoms with Gasteiger partial charge in [-0.2, -0.15) is 0 Å². The number of carbonyl (C=O) groups excluding carboxylic acids is 1. The van der Waals surface area contributed by atoms with Crippen molar-refractivity contribution < 1.29 is 14.6 Å². The van der Waals surface area contributed by atoms with E-state index in [1.807, 2.05) is 41.3 Å². The molecule has 1 amide bonds.